The lowest BCUT2D eigenvalue weighted by molar-refractivity contribution is -0.0399. The van der Waals surface area contributed by atoms with E-state index < -0.39 is 0 Å². The van der Waals surface area contributed by atoms with Crippen LogP contribution in [0.1, 0.15) is 43.2 Å². The number of benzene rings is 7. The van der Waals surface area contributed by atoms with E-state index in [0.29, 0.717) is 0 Å². The lowest BCUT2D eigenvalue weighted by atomic mass is 9.43. The van der Waals surface area contributed by atoms with E-state index in [-0.39, 0.29) is 5.41 Å². The van der Waals surface area contributed by atoms with Crippen molar-refractivity contribution in [3.8, 4) is 16.8 Å². The van der Waals surface area contributed by atoms with Gasteiger partial charge in [0.25, 0.3) is 0 Å². The van der Waals surface area contributed by atoms with E-state index in [4.69, 9.17) is 0 Å². The van der Waals surface area contributed by atoms with Crippen molar-refractivity contribution in [2.45, 2.75) is 37.5 Å². The molecule has 2 nitrogen and oxygen atoms in total. The lowest BCUT2D eigenvalue weighted by Gasteiger charge is -2.61. The second-order valence-corrected chi connectivity index (χ2v) is 16.2. The monoisotopic (exact) mass is 668 g/mol. The Bertz CT molecular complexity index is 2630. The molecular formula is C50H40N2. The molecule has 2 heteroatoms. The summed E-state index contributed by atoms with van der Waals surface area (Å²) in [6.07, 6.45) is 7.04. The van der Waals surface area contributed by atoms with E-state index in [1.807, 2.05) is 0 Å². The van der Waals surface area contributed by atoms with Crippen LogP contribution in [0.25, 0.3) is 49.4 Å². The third-order valence-electron chi connectivity index (χ3n) is 13.7. The van der Waals surface area contributed by atoms with Crippen LogP contribution in [-0.4, -0.2) is 4.57 Å². The SMILES string of the molecule is c1ccc2c(c1)-c1ccc(N(c3ccc(-n4c5ccccc5c5ccccc54)cc3)c3ccc4ccccc4c3)cc1C21C2CC3CC(C2)CC1C3. The number of rotatable bonds is 4. The van der Waals surface area contributed by atoms with E-state index >= 15 is 0 Å². The van der Waals surface area contributed by atoms with Crippen molar-refractivity contribution >= 4 is 49.6 Å². The van der Waals surface area contributed by atoms with Gasteiger partial charge in [-0.25, -0.2) is 0 Å². The Morgan fingerprint density at radius 2 is 1.00 bits per heavy atom. The van der Waals surface area contributed by atoms with Crippen molar-refractivity contribution in [2.24, 2.45) is 23.7 Å². The second-order valence-electron chi connectivity index (χ2n) is 16.2. The van der Waals surface area contributed by atoms with Crippen molar-refractivity contribution in [2.75, 3.05) is 4.90 Å². The highest BCUT2D eigenvalue weighted by molar-refractivity contribution is 6.09. The maximum atomic E-state index is 2.62. The maximum absolute atomic E-state index is 2.62. The minimum absolute atomic E-state index is 0.130. The van der Waals surface area contributed by atoms with Crippen LogP contribution in [0.15, 0.2) is 158 Å². The Hall–Kier alpha value is -5.60. The fourth-order valence-electron chi connectivity index (χ4n) is 12.0. The average molecular weight is 669 g/mol. The predicted octanol–water partition coefficient (Wildman–Crippen LogP) is 13.1. The lowest BCUT2D eigenvalue weighted by Crippen LogP contribution is -2.55. The summed E-state index contributed by atoms with van der Waals surface area (Å²) >= 11 is 0. The maximum Gasteiger partial charge on any atom is 0.0541 e. The number of hydrogen-bond donors (Lipinski definition) is 0. The molecule has 8 aromatic rings. The molecule has 7 aromatic carbocycles. The third-order valence-corrected chi connectivity index (χ3v) is 13.7. The minimum Gasteiger partial charge on any atom is -0.310 e. The van der Waals surface area contributed by atoms with E-state index in [2.05, 4.69) is 167 Å². The van der Waals surface area contributed by atoms with Gasteiger partial charge in [-0.1, -0.05) is 97.1 Å². The van der Waals surface area contributed by atoms with Gasteiger partial charge in [0, 0.05) is 38.9 Å². The molecule has 4 fully saturated rings. The van der Waals surface area contributed by atoms with Gasteiger partial charge in [-0.15, -0.1) is 0 Å². The van der Waals surface area contributed by atoms with Gasteiger partial charge in [-0.3, -0.25) is 0 Å². The molecule has 13 rings (SSSR count). The Labute approximate surface area is 305 Å². The molecule has 0 atom stereocenters. The van der Waals surface area contributed by atoms with Crippen LogP contribution in [0.3, 0.4) is 0 Å². The van der Waals surface area contributed by atoms with Crippen LogP contribution in [0.2, 0.25) is 0 Å². The van der Waals surface area contributed by atoms with Gasteiger partial charge in [0.2, 0.25) is 0 Å². The molecule has 0 N–H and O–H groups in total. The molecule has 52 heavy (non-hydrogen) atoms. The first-order valence-corrected chi connectivity index (χ1v) is 19.4. The summed E-state index contributed by atoms with van der Waals surface area (Å²) in [7, 11) is 0. The molecule has 0 unspecified atom stereocenters. The van der Waals surface area contributed by atoms with Crippen LogP contribution in [0, 0.1) is 23.7 Å². The average Bonchev–Trinajstić information content (AvgIpc) is 3.68. The van der Waals surface area contributed by atoms with Crippen LogP contribution >= 0.6 is 0 Å². The number of hydrogen-bond acceptors (Lipinski definition) is 1. The van der Waals surface area contributed by atoms with Crippen molar-refractivity contribution in [3.63, 3.8) is 0 Å². The third kappa shape index (κ3) is 3.90. The fraction of sp³-hybridized carbons (Fsp3) is 0.200. The summed E-state index contributed by atoms with van der Waals surface area (Å²) in [5, 5.41) is 5.11. The predicted molar refractivity (Wildman–Crippen MR) is 216 cm³/mol. The molecule has 0 aliphatic heterocycles. The molecular weight excluding hydrogens is 629 g/mol. The molecule has 0 radical (unpaired) electrons. The number of anilines is 3. The Morgan fingerprint density at radius 3 is 1.73 bits per heavy atom. The van der Waals surface area contributed by atoms with Gasteiger partial charge in [-0.05, 0) is 149 Å². The Kier molecular flexibility index (Phi) is 5.98. The first-order valence-electron chi connectivity index (χ1n) is 19.4. The highest BCUT2D eigenvalue weighted by Crippen LogP contribution is 2.69. The van der Waals surface area contributed by atoms with E-state index in [1.54, 1.807) is 11.1 Å². The van der Waals surface area contributed by atoms with Crippen molar-refractivity contribution in [1.29, 1.82) is 0 Å². The molecule has 1 heterocycles. The number of nitrogens with zero attached hydrogens (tertiary/aromatic N) is 2. The standard InChI is InChI=1S/C50H40N2/c1-2-10-35-30-40(18-17-34(35)9-1)51(38-19-21-39(22-20-38)52-48-15-7-4-12-44(48)45-13-5-8-16-49(45)52)41-23-24-43-42-11-3-6-14-46(42)50(47(43)31-41)36-26-32-25-33(28-36)29-37(50)27-32/h1-24,30-33,36-37H,25-29H2. The summed E-state index contributed by atoms with van der Waals surface area (Å²) in [5.41, 5.74) is 13.5. The molecule has 1 spiro atoms. The van der Waals surface area contributed by atoms with Gasteiger partial charge in [0.05, 0.1) is 11.0 Å². The first-order chi connectivity index (χ1) is 25.7. The largest absolute Gasteiger partial charge is 0.310 e. The van der Waals surface area contributed by atoms with E-state index in [1.165, 1.54) is 98.6 Å². The summed E-state index contributed by atoms with van der Waals surface area (Å²) in [6, 6.07) is 59.5. The van der Waals surface area contributed by atoms with E-state index in [9.17, 15) is 0 Å². The summed E-state index contributed by atoms with van der Waals surface area (Å²) in [4.78, 5) is 2.51. The van der Waals surface area contributed by atoms with Crippen molar-refractivity contribution < 1.29 is 0 Å². The van der Waals surface area contributed by atoms with Gasteiger partial charge < -0.3 is 9.47 Å². The number of aromatic nitrogens is 1. The summed E-state index contributed by atoms with van der Waals surface area (Å²) in [6.45, 7) is 0. The van der Waals surface area contributed by atoms with Gasteiger partial charge in [0.1, 0.15) is 0 Å². The van der Waals surface area contributed by atoms with Crippen LogP contribution in [0.4, 0.5) is 17.1 Å². The van der Waals surface area contributed by atoms with Crippen LogP contribution in [0.5, 0.6) is 0 Å². The zero-order chi connectivity index (χ0) is 34.0. The van der Waals surface area contributed by atoms with E-state index in [0.717, 1.165) is 23.7 Å². The van der Waals surface area contributed by atoms with Gasteiger partial charge in [0.15, 0.2) is 0 Å². The smallest absolute Gasteiger partial charge is 0.0541 e. The quantitative estimate of drug-likeness (QED) is 0.181. The molecule has 5 aliphatic rings. The Balaban J connectivity index is 1.05. The molecule has 4 saturated carbocycles. The zero-order valence-corrected chi connectivity index (χ0v) is 29.3. The molecule has 250 valence electrons. The summed E-state index contributed by atoms with van der Waals surface area (Å²) < 4.78 is 2.41. The molecule has 0 saturated heterocycles. The second kappa shape index (κ2) is 10.7. The molecule has 0 amide bonds. The Morgan fingerprint density at radius 1 is 0.442 bits per heavy atom. The number of para-hydroxylation sites is 2. The fourth-order valence-corrected chi connectivity index (χ4v) is 12.0. The zero-order valence-electron chi connectivity index (χ0n) is 29.3. The van der Waals surface area contributed by atoms with Gasteiger partial charge in [-0.2, -0.15) is 0 Å². The van der Waals surface area contributed by atoms with Gasteiger partial charge >= 0.3 is 0 Å². The van der Waals surface area contributed by atoms with Crippen molar-refractivity contribution in [3.05, 3.63) is 169 Å². The van der Waals surface area contributed by atoms with Crippen LogP contribution in [-0.2, 0) is 5.41 Å². The first kappa shape index (κ1) is 29.0. The highest BCUT2D eigenvalue weighted by atomic mass is 15.1. The normalized spacial score (nSPS) is 23.8. The molecule has 1 aromatic heterocycles. The summed E-state index contributed by atoms with van der Waals surface area (Å²) in [5.74, 6) is 3.33. The van der Waals surface area contributed by atoms with Crippen LogP contribution < -0.4 is 4.90 Å². The number of fused-ring (bicyclic) bond motifs is 7. The van der Waals surface area contributed by atoms with Crippen molar-refractivity contribution in [1.82, 2.24) is 4.57 Å². The molecule has 4 bridgehead atoms. The molecule has 5 aliphatic carbocycles. The topological polar surface area (TPSA) is 8.17 Å². The highest BCUT2D eigenvalue weighted by Gasteiger charge is 2.61. The minimum atomic E-state index is 0.130.